The molecule has 0 saturated carbocycles. The van der Waals surface area contributed by atoms with Crippen LogP contribution < -0.4 is 4.90 Å². The zero-order valence-electron chi connectivity index (χ0n) is 15.9. The number of pyridine rings is 2. The molecule has 4 rings (SSSR count). The molecule has 146 valence electrons. The standard InChI is InChI=1S/C20H22BrN5O2/c1-12-5-7-26(8-6-12)17-4-3-14(10-22-17)20(27)28-13(2)18-24-16-9-15(21)11-23-19(16)25-18/h3-4,9-13H,5-8H2,1-2H3,(H,23,24,25)/t13-/m1/s1. The average molecular weight is 444 g/mol. The van der Waals surface area contributed by atoms with E-state index in [1.165, 1.54) is 12.8 Å². The highest BCUT2D eigenvalue weighted by Crippen LogP contribution is 2.23. The third-order valence-electron chi connectivity index (χ3n) is 5.08. The summed E-state index contributed by atoms with van der Waals surface area (Å²) in [5.41, 5.74) is 1.80. The van der Waals surface area contributed by atoms with E-state index in [1.54, 1.807) is 25.4 Å². The van der Waals surface area contributed by atoms with Crippen molar-refractivity contribution in [2.24, 2.45) is 5.92 Å². The summed E-state index contributed by atoms with van der Waals surface area (Å²) in [7, 11) is 0. The van der Waals surface area contributed by atoms with E-state index in [2.05, 4.69) is 47.7 Å². The number of aromatic nitrogens is 4. The Bertz CT molecular complexity index is 980. The van der Waals surface area contributed by atoms with Crippen molar-refractivity contribution in [2.75, 3.05) is 18.0 Å². The molecule has 1 atom stereocenters. The Morgan fingerprint density at radius 2 is 2.07 bits per heavy atom. The number of nitrogens with zero attached hydrogens (tertiary/aromatic N) is 4. The molecule has 0 bridgehead atoms. The van der Waals surface area contributed by atoms with Crippen molar-refractivity contribution in [3.8, 4) is 0 Å². The zero-order valence-corrected chi connectivity index (χ0v) is 17.4. The van der Waals surface area contributed by atoms with Gasteiger partial charge < -0.3 is 14.6 Å². The van der Waals surface area contributed by atoms with Crippen molar-refractivity contribution in [2.45, 2.75) is 32.8 Å². The van der Waals surface area contributed by atoms with Crippen LogP contribution in [0.15, 0.2) is 35.1 Å². The van der Waals surface area contributed by atoms with Gasteiger partial charge in [-0.25, -0.2) is 19.7 Å². The van der Waals surface area contributed by atoms with E-state index in [-0.39, 0.29) is 0 Å². The quantitative estimate of drug-likeness (QED) is 0.606. The molecule has 1 aliphatic heterocycles. The maximum atomic E-state index is 12.5. The molecule has 0 aliphatic carbocycles. The van der Waals surface area contributed by atoms with E-state index in [0.717, 1.165) is 34.8 Å². The molecule has 28 heavy (non-hydrogen) atoms. The van der Waals surface area contributed by atoms with Crippen molar-refractivity contribution in [1.29, 1.82) is 0 Å². The number of fused-ring (bicyclic) bond motifs is 1. The minimum atomic E-state index is -0.524. The Kier molecular flexibility index (Phi) is 5.30. The number of hydrogen-bond donors (Lipinski definition) is 1. The lowest BCUT2D eigenvalue weighted by atomic mass is 9.99. The van der Waals surface area contributed by atoms with Crippen molar-refractivity contribution in [3.63, 3.8) is 0 Å². The Balaban J connectivity index is 1.42. The predicted octanol–water partition coefficient (Wildman–Crippen LogP) is 4.27. The van der Waals surface area contributed by atoms with Gasteiger partial charge in [-0.15, -0.1) is 0 Å². The second-order valence-electron chi connectivity index (χ2n) is 7.27. The number of H-pyrrole nitrogens is 1. The molecule has 4 heterocycles. The minimum Gasteiger partial charge on any atom is -0.451 e. The molecule has 1 fully saturated rings. The van der Waals surface area contributed by atoms with Gasteiger partial charge in [-0.1, -0.05) is 6.92 Å². The van der Waals surface area contributed by atoms with Gasteiger partial charge in [0.1, 0.15) is 11.6 Å². The molecule has 1 aliphatic rings. The molecule has 0 radical (unpaired) electrons. The zero-order chi connectivity index (χ0) is 19.7. The van der Waals surface area contributed by atoms with Crippen LogP contribution in [0.2, 0.25) is 0 Å². The molecular formula is C20H22BrN5O2. The first-order chi connectivity index (χ1) is 13.5. The van der Waals surface area contributed by atoms with Gasteiger partial charge in [-0.3, -0.25) is 0 Å². The first-order valence-corrected chi connectivity index (χ1v) is 10.2. The van der Waals surface area contributed by atoms with Crippen LogP contribution >= 0.6 is 15.9 Å². The summed E-state index contributed by atoms with van der Waals surface area (Å²) in [6.07, 6.45) is 5.08. The lowest BCUT2D eigenvalue weighted by Gasteiger charge is -2.31. The smallest absolute Gasteiger partial charge is 0.340 e. The van der Waals surface area contributed by atoms with E-state index in [9.17, 15) is 4.79 Å². The fourth-order valence-electron chi connectivity index (χ4n) is 3.30. The highest BCUT2D eigenvalue weighted by Gasteiger charge is 2.20. The number of esters is 1. The molecular weight excluding hydrogens is 422 g/mol. The van der Waals surface area contributed by atoms with Crippen molar-refractivity contribution in [3.05, 3.63) is 46.5 Å². The van der Waals surface area contributed by atoms with Crippen LogP contribution in [0.5, 0.6) is 0 Å². The molecule has 3 aromatic heterocycles. The van der Waals surface area contributed by atoms with Crippen LogP contribution in [0.1, 0.15) is 49.0 Å². The molecule has 0 aromatic carbocycles. The number of rotatable bonds is 4. The maximum Gasteiger partial charge on any atom is 0.340 e. The molecule has 3 aromatic rings. The molecule has 8 heteroatoms. The number of hydrogen-bond acceptors (Lipinski definition) is 6. The fourth-order valence-corrected chi connectivity index (χ4v) is 3.63. The highest BCUT2D eigenvalue weighted by atomic mass is 79.9. The van der Waals surface area contributed by atoms with Crippen LogP contribution in [-0.2, 0) is 4.74 Å². The molecule has 1 saturated heterocycles. The van der Waals surface area contributed by atoms with E-state index < -0.39 is 12.1 Å². The first-order valence-electron chi connectivity index (χ1n) is 9.43. The molecule has 0 unspecified atom stereocenters. The molecule has 0 amide bonds. The Labute approximate surface area is 171 Å². The van der Waals surface area contributed by atoms with Gasteiger partial charge in [-0.05, 0) is 59.8 Å². The lowest BCUT2D eigenvalue weighted by molar-refractivity contribution is 0.0321. The number of halogens is 1. The van der Waals surface area contributed by atoms with E-state index in [4.69, 9.17) is 4.74 Å². The van der Waals surface area contributed by atoms with E-state index in [1.807, 2.05) is 12.1 Å². The Morgan fingerprint density at radius 3 is 2.79 bits per heavy atom. The topological polar surface area (TPSA) is 84.0 Å². The van der Waals surface area contributed by atoms with Gasteiger partial charge in [0.05, 0.1) is 11.1 Å². The van der Waals surface area contributed by atoms with Crippen LogP contribution in [0.3, 0.4) is 0 Å². The monoisotopic (exact) mass is 443 g/mol. The largest absolute Gasteiger partial charge is 0.451 e. The van der Waals surface area contributed by atoms with Gasteiger partial charge in [0.25, 0.3) is 0 Å². The Hall–Kier alpha value is -2.48. The van der Waals surface area contributed by atoms with Crippen molar-refractivity contribution in [1.82, 2.24) is 19.9 Å². The summed E-state index contributed by atoms with van der Waals surface area (Å²) < 4.78 is 6.41. The summed E-state index contributed by atoms with van der Waals surface area (Å²) in [4.78, 5) is 31.0. The number of ether oxygens (including phenoxy) is 1. The third-order valence-corrected chi connectivity index (χ3v) is 5.52. The van der Waals surface area contributed by atoms with Gasteiger partial charge >= 0.3 is 5.97 Å². The highest BCUT2D eigenvalue weighted by molar-refractivity contribution is 9.10. The van der Waals surface area contributed by atoms with Crippen LogP contribution in [0.4, 0.5) is 5.82 Å². The van der Waals surface area contributed by atoms with Gasteiger partial charge in [-0.2, -0.15) is 0 Å². The van der Waals surface area contributed by atoms with Crippen LogP contribution in [0, 0.1) is 5.92 Å². The maximum absolute atomic E-state index is 12.5. The molecule has 7 nitrogen and oxygen atoms in total. The lowest BCUT2D eigenvalue weighted by Crippen LogP contribution is -2.33. The summed E-state index contributed by atoms with van der Waals surface area (Å²) in [6, 6.07) is 5.55. The van der Waals surface area contributed by atoms with Gasteiger partial charge in [0, 0.05) is 30.0 Å². The summed E-state index contributed by atoms with van der Waals surface area (Å²) in [6.45, 7) is 6.07. The number of nitrogens with one attached hydrogen (secondary N) is 1. The average Bonchev–Trinajstić information content (AvgIpc) is 3.12. The SMILES string of the molecule is CC1CCN(c2ccc(C(=O)O[C@H](C)c3nc4ncc(Br)cc4[nH]3)cn2)CC1. The number of anilines is 1. The summed E-state index contributed by atoms with van der Waals surface area (Å²) >= 11 is 3.38. The minimum absolute atomic E-state index is 0.423. The summed E-state index contributed by atoms with van der Waals surface area (Å²) in [5.74, 6) is 1.81. The Morgan fingerprint density at radius 1 is 1.29 bits per heavy atom. The van der Waals surface area contributed by atoms with E-state index >= 15 is 0 Å². The fraction of sp³-hybridized carbons (Fsp3) is 0.400. The normalized spacial score (nSPS) is 16.3. The first kappa shape index (κ1) is 18.9. The number of piperidine rings is 1. The summed E-state index contributed by atoms with van der Waals surface area (Å²) in [5, 5.41) is 0. The van der Waals surface area contributed by atoms with Gasteiger partial charge in [0.15, 0.2) is 11.8 Å². The predicted molar refractivity (Wildman–Crippen MR) is 110 cm³/mol. The van der Waals surface area contributed by atoms with E-state index in [0.29, 0.717) is 17.0 Å². The van der Waals surface area contributed by atoms with Crippen LogP contribution in [0.25, 0.3) is 11.2 Å². The van der Waals surface area contributed by atoms with Crippen LogP contribution in [-0.4, -0.2) is 39.0 Å². The number of carbonyl (C=O) groups is 1. The number of carbonyl (C=O) groups excluding carboxylic acids is 1. The van der Waals surface area contributed by atoms with Crippen molar-refractivity contribution < 1.29 is 9.53 Å². The molecule has 0 spiro atoms. The molecule has 1 N–H and O–H groups in total. The second-order valence-corrected chi connectivity index (χ2v) is 8.18. The third kappa shape index (κ3) is 4.01. The number of imidazole rings is 1. The van der Waals surface area contributed by atoms with Crippen molar-refractivity contribution >= 4 is 38.9 Å². The second kappa shape index (κ2) is 7.87. The van der Waals surface area contributed by atoms with Gasteiger partial charge in [0.2, 0.25) is 0 Å². The number of aromatic amines is 1.